The maximum atomic E-state index is 13.1. The molecule has 0 heterocycles. The zero-order chi connectivity index (χ0) is 15.1. The second kappa shape index (κ2) is 9.90. The first-order valence-corrected chi connectivity index (χ1v) is 6.95. The normalized spacial score (nSPS) is 12.5. The quantitative estimate of drug-likeness (QED) is 0.700. The summed E-state index contributed by atoms with van der Waals surface area (Å²) in [6.07, 6.45) is 0.321. The Hall–Kier alpha value is -0.109. The van der Waals surface area contributed by atoms with Crippen LogP contribution in [-0.4, -0.2) is 13.0 Å². The van der Waals surface area contributed by atoms with Gasteiger partial charge in [-0.3, -0.25) is 0 Å². The summed E-state index contributed by atoms with van der Waals surface area (Å²) >= 11 is 0. The van der Waals surface area contributed by atoms with E-state index in [9.17, 15) is 12.9 Å². The molecule has 2 aromatic rings. The number of aryl methyl sites for hydroxylation is 1. The molecular weight excluding hydrogens is 315 g/mol. The minimum Gasteiger partial charge on any atom is -0.447 e. The Morgan fingerprint density at radius 2 is 1.32 bits per heavy atom. The summed E-state index contributed by atoms with van der Waals surface area (Å²) in [5.41, 5.74) is 1.65. The van der Waals surface area contributed by atoms with Crippen LogP contribution in [0.1, 0.15) is 17.5 Å². The van der Waals surface area contributed by atoms with E-state index in [4.69, 9.17) is 4.74 Å². The molecule has 0 spiro atoms. The summed E-state index contributed by atoms with van der Waals surface area (Å²) in [5, 5.41) is 0. The number of halogens is 3. The van der Waals surface area contributed by atoms with Crippen LogP contribution in [0.3, 0.4) is 0 Å². The van der Waals surface area contributed by atoms with Gasteiger partial charge in [0, 0.05) is 6.00 Å². The zero-order valence-electron chi connectivity index (χ0n) is 12.6. The molecule has 112 valence electrons. The van der Waals surface area contributed by atoms with Crippen LogP contribution in [0.4, 0.5) is 12.9 Å². The third-order valence-corrected chi connectivity index (χ3v) is 3.29. The third-order valence-electron chi connectivity index (χ3n) is 3.29. The van der Waals surface area contributed by atoms with E-state index in [1.54, 1.807) is 24.3 Å². The molecule has 2 rings (SSSR count). The van der Waals surface area contributed by atoms with Gasteiger partial charge >= 0.3 is 58.4 Å². The van der Waals surface area contributed by atoms with Gasteiger partial charge in [-0.05, 0) is 24.0 Å². The van der Waals surface area contributed by atoms with Crippen LogP contribution >= 0.6 is 0 Å². The maximum Gasteiger partial charge on any atom is 1.00 e. The number of rotatable bonds is 7. The van der Waals surface area contributed by atoms with Gasteiger partial charge in [-0.15, -0.1) is 0 Å². The van der Waals surface area contributed by atoms with Crippen molar-refractivity contribution in [2.45, 2.75) is 25.5 Å². The Bertz CT molecular complexity index is 491. The molecule has 0 radical (unpaired) electrons. The summed E-state index contributed by atoms with van der Waals surface area (Å²) in [4.78, 5) is 0. The summed E-state index contributed by atoms with van der Waals surface area (Å²) in [5.74, 6) is 0. The Balaban J connectivity index is 0.00000242. The Labute approximate surface area is 171 Å². The van der Waals surface area contributed by atoms with Gasteiger partial charge in [0.2, 0.25) is 0 Å². The molecule has 1 atom stereocenters. The number of ether oxygens (including phenoxy) is 1. The fraction of sp³-hybridized carbons (Fsp3) is 0.250. The van der Waals surface area contributed by atoms with Crippen LogP contribution in [0, 0.1) is 0 Å². The fourth-order valence-electron chi connectivity index (χ4n) is 2.11. The molecule has 1 nitrogen and oxygen atoms in total. The van der Waals surface area contributed by atoms with Gasteiger partial charge in [0.25, 0.3) is 0 Å². The van der Waals surface area contributed by atoms with E-state index in [1.807, 2.05) is 36.4 Å². The second-order valence-electron chi connectivity index (χ2n) is 4.98. The van der Waals surface area contributed by atoms with Gasteiger partial charge in [-0.2, -0.15) is 0 Å². The van der Waals surface area contributed by atoms with E-state index < -0.39 is 13.0 Å². The molecule has 0 fully saturated rings. The molecule has 0 N–H and O–H groups in total. The second-order valence-corrected chi connectivity index (χ2v) is 4.98. The Morgan fingerprint density at radius 1 is 0.818 bits per heavy atom. The monoisotopic (exact) mass is 332 g/mol. The van der Waals surface area contributed by atoms with Crippen LogP contribution < -0.4 is 51.4 Å². The first kappa shape index (κ1) is 19.9. The summed E-state index contributed by atoms with van der Waals surface area (Å²) < 4.78 is 44.3. The molecule has 6 heteroatoms. The largest absolute Gasteiger partial charge is 1.00 e. The predicted octanol–water partition coefficient (Wildman–Crippen LogP) is 1.60. The number of hydrogen-bond acceptors (Lipinski definition) is 1. The topological polar surface area (TPSA) is 9.23 Å². The van der Waals surface area contributed by atoms with Gasteiger partial charge in [0.1, 0.15) is 0 Å². The first-order chi connectivity index (χ1) is 10.1. The summed E-state index contributed by atoms with van der Waals surface area (Å²) in [6, 6.07) is 16.4. The molecule has 0 saturated carbocycles. The van der Waals surface area contributed by atoms with Gasteiger partial charge in [-0.25, -0.2) is 0 Å². The maximum absolute atomic E-state index is 13.1. The van der Waals surface area contributed by atoms with Crippen molar-refractivity contribution in [1.29, 1.82) is 0 Å². The van der Waals surface area contributed by atoms with E-state index in [2.05, 4.69) is 0 Å². The number of hydrogen-bond donors (Lipinski definition) is 0. The molecule has 22 heavy (non-hydrogen) atoms. The van der Waals surface area contributed by atoms with Crippen LogP contribution in [0.2, 0.25) is 0 Å². The smallest absolute Gasteiger partial charge is 0.447 e. The fourth-order valence-corrected chi connectivity index (χ4v) is 2.11. The van der Waals surface area contributed by atoms with Gasteiger partial charge in [0.15, 0.2) is 0 Å². The molecule has 0 aliphatic heterocycles. The van der Waals surface area contributed by atoms with Crippen LogP contribution in [0.5, 0.6) is 0 Å². The molecule has 0 aliphatic rings. The standard InChI is InChI=1S/C16H17BF3O.K/c18-17(19,20)16(12-11-14-7-3-1-4-8-14)21-13-15-9-5-2-6-10-15;/h1-10,16H,11-13H2;/q-1;+1. The van der Waals surface area contributed by atoms with Gasteiger partial charge in [-0.1, -0.05) is 60.7 Å². The van der Waals surface area contributed by atoms with Gasteiger partial charge in [0.05, 0.1) is 6.61 Å². The average Bonchev–Trinajstić information content (AvgIpc) is 2.48. The van der Waals surface area contributed by atoms with Gasteiger partial charge < -0.3 is 17.7 Å². The van der Waals surface area contributed by atoms with E-state index in [-0.39, 0.29) is 64.4 Å². The molecular formula is C16H17BF3KO. The zero-order valence-corrected chi connectivity index (χ0v) is 15.7. The molecule has 1 unspecified atom stereocenters. The SMILES string of the molecule is F[B-](F)(F)C(CCc1ccccc1)OCc1ccccc1.[K+]. The van der Waals surface area contributed by atoms with Crippen molar-refractivity contribution in [2.24, 2.45) is 0 Å². The Kier molecular flexibility index (Phi) is 8.97. The number of benzene rings is 2. The van der Waals surface area contributed by atoms with Crippen molar-refractivity contribution in [1.82, 2.24) is 0 Å². The molecule has 0 bridgehead atoms. The van der Waals surface area contributed by atoms with E-state index in [0.29, 0.717) is 6.42 Å². The minimum absolute atomic E-state index is 0. The van der Waals surface area contributed by atoms with Crippen LogP contribution in [-0.2, 0) is 17.8 Å². The van der Waals surface area contributed by atoms with Crippen LogP contribution in [0.25, 0.3) is 0 Å². The molecule has 0 aromatic heterocycles. The third kappa shape index (κ3) is 6.98. The summed E-state index contributed by atoms with van der Waals surface area (Å²) in [6.45, 7) is -5.02. The Morgan fingerprint density at radius 3 is 1.82 bits per heavy atom. The predicted molar refractivity (Wildman–Crippen MR) is 78.9 cm³/mol. The van der Waals surface area contributed by atoms with E-state index in [0.717, 1.165) is 11.1 Å². The minimum atomic E-state index is -5.01. The molecule has 0 saturated heterocycles. The van der Waals surface area contributed by atoms with E-state index >= 15 is 0 Å². The van der Waals surface area contributed by atoms with Crippen molar-refractivity contribution in [3.05, 3.63) is 71.8 Å². The molecule has 0 aliphatic carbocycles. The molecule has 2 aromatic carbocycles. The average molecular weight is 332 g/mol. The van der Waals surface area contributed by atoms with Crippen LogP contribution in [0.15, 0.2) is 60.7 Å². The summed E-state index contributed by atoms with van der Waals surface area (Å²) in [7, 11) is 0. The van der Waals surface area contributed by atoms with Crippen molar-refractivity contribution in [2.75, 3.05) is 0 Å². The van der Waals surface area contributed by atoms with Crippen molar-refractivity contribution >= 4 is 6.98 Å². The van der Waals surface area contributed by atoms with Crippen molar-refractivity contribution in [3.63, 3.8) is 0 Å². The van der Waals surface area contributed by atoms with E-state index in [1.165, 1.54) is 0 Å². The molecule has 0 amide bonds. The first-order valence-electron chi connectivity index (χ1n) is 6.95. The van der Waals surface area contributed by atoms with Crippen molar-refractivity contribution < 1.29 is 69.1 Å². The van der Waals surface area contributed by atoms with Crippen molar-refractivity contribution in [3.8, 4) is 0 Å².